The van der Waals surface area contributed by atoms with E-state index < -0.39 is 29.6 Å². The Morgan fingerprint density at radius 2 is 1.26 bits per heavy atom. The zero-order chi connectivity index (χ0) is 24.3. The Hall–Kier alpha value is -3.50. The minimum atomic E-state index is -1.90. The number of fused-ring (bicyclic) bond motifs is 2. The molecule has 0 saturated carbocycles. The van der Waals surface area contributed by atoms with Gasteiger partial charge in [0.1, 0.15) is 16.9 Å². The van der Waals surface area contributed by atoms with Gasteiger partial charge in [0, 0.05) is 11.1 Å². The van der Waals surface area contributed by atoms with Gasteiger partial charge in [-0.25, -0.2) is 4.79 Å². The van der Waals surface area contributed by atoms with Gasteiger partial charge in [0.05, 0.1) is 16.4 Å². The van der Waals surface area contributed by atoms with E-state index >= 15 is 0 Å². The molecule has 4 aromatic rings. The highest BCUT2D eigenvalue weighted by molar-refractivity contribution is 7.12. The molecule has 1 aliphatic rings. The number of carboxylic acid groups (broad SMARTS) is 2. The highest BCUT2D eigenvalue weighted by Gasteiger charge is 2.48. The lowest BCUT2D eigenvalue weighted by Gasteiger charge is -2.35. The number of carbonyl (C=O) groups is 2. The van der Waals surface area contributed by atoms with Gasteiger partial charge < -0.3 is 25.2 Å². The summed E-state index contributed by atoms with van der Waals surface area (Å²) in [7, 11) is 0. The Bertz CT molecular complexity index is 1220. The Morgan fingerprint density at radius 1 is 0.794 bits per heavy atom. The van der Waals surface area contributed by atoms with E-state index in [0.717, 1.165) is 0 Å². The summed E-state index contributed by atoms with van der Waals surface area (Å²) in [6, 6.07) is 20.5. The molecule has 0 saturated heterocycles. The quantitative estimate of drug-likeness (QED) is 0.325. The zero-order valence-corrected chi connectivity index (χ0v) is 19.3. The van der Waals surface area contributed by atoms with Gasteiger partial charge in [-0.05, 0) is 35.0 Å². The van der Waals surface area contributed by atoms with Crippen molar-refractivity contribution < 1.29 is 34.8 Å². The summed E-state index contributed by atoms with van der Waals surface area (Å²) in [5.41, 5.74) is -2.42. The normalized spacial score (nSPS) is 13.5. The lowest BCUT2D eigenvalue weighted by Crippen LogP contribution is -2.42. The number of aliphatic hydroxyl groups excluding tert-OH is 1. The van der Waals surface area contributed by atoms with E-state index in [4.69, 9.17) is 9.84 Å². The van der Waals surface area contributed by atoms with Gasteiger partial charge in [0.25, 0.3) is 0 Å². The number of benzene rings is 2. The van der Waals surface area contributed by atoms with Crippen LogP contribution < -0.4 is 4.74 Å². The Morgan fingerprint density at radius 3 is 1.62 bits per heavy atom. The maximum absolute atomic E-state index is 11.8. The number of thiophene rings is 2. The predicted molar refractivity (Wildman–Crippen MR) is 128 cm³/mol. The van der Waals surface area contributed by atoms with E-state index in [9.17, 15) is 24.9 Å². The second-order valence-electron chi connectivity index (χ2n) is 7.43. The van der Waals surface area contributed by atoms with Crippen molar-refractivity contribution in [3.63, 3.8) is 0 Å². The summed E-state index contributed by atoms with van der Waals surface area (Å²) in [6.07, 6.45) is 0. The fourth-order valence-electron chi connectivity index (χ4n) is 3.85. The van der Waals surface area contributed by atoms with Crippen LogP contribution in [0, 0.1) is 0 Å². The summed E-state index contributed by atoms with van der Waals surface area (Å²) in [4.78, 5) is 23.9. The molecule has 0 atom stereocenters. The lowest BCUT2D eigenvalue weighted by atomic mass is 9.73. The zero-order valence-electron chi connectivity index (χ0n) is 17.6. The monoisotopic (exact) mass is 496 g/mol. The third-order valence-electron chi connectivity index (χ3n) is 5.58. The van der Waals surface area contributed by atoms with E-state index in [-0.39, 0.29) is 0 Å². The van der Waals surface area contributed by atoms with E-state index in [1.807, 2.05) is 0 Å². The van der Waals surface area contributed by atoms with Crippen LogP contribution in [-0.2, 0) is 20.6 Å². The highest BCUT2D eigenvalue weighted by atomic mass is 32.1. The first kappa shape index (κ1) is 23.7. The van der Waals surface area contributed by atoms with E-state index in [0.29, 0.717) is 32.4 Å². The van der Waals surface area contributed by atoms with Gasteiger partial charge in [-0.3, -0.25) is 4.79 Å². The summed E-state index contributed by atoms with van der Waals surface area (Å²) in [5.74, 6) is -1.39. The van der Waals surface area contributed by atoms with Crippen LogP contribution in [0.4, 0.5) is 0 Å². The molecule has 174 valence electrons. The van der Waals surface area contributed by atoms with Crippen molar-refractivity contribution in [1.29, 1.82) is 0 Å². The van der Waals surface area contributed by atoms with Crippen molar-refractivity contribution in [3.05, 3.63) is 104 Å². The van der Waals surface area contributed by atoms with Crippen molar-refractivity contribution >= 4 is 34.6 Å². The first-order chi connectivity index (χ1) is 16.4. The van der Waals surface area contributed by atoms with Crippen LogP contribution in [-0.4, -0.2) is 39.0 Å². The first-order valence-corrected chi connectivity index (χ1v) is 11.9. The fourth-order valence-corrected chi connectivity index (χ4v) is 5.57. The van der Waals surface area contributed by atoms with E-state index in [1.165, 1.54) is 22.7 Å². The molecule has 0 radical (unpaired) electrons. The summed E-state index contributed by atoms with van der Waals surface area (Å²) in [6.45, 7) is -0.514. The number of rotatable bonds is 5. The number of aliphatic carboxylic acids is 2. The van der Waals surface area contributed by atoms with E-state index in [2.05, 4.69) is 0 Å². The second kappa shape index (κ2) is 9.40. The Labute approximate surface area is 202 Å². The fraction of sp³-hybridized carbons (Fsp3) is 0.120. The van der Waals surface area contributed by atoms with Crippen LogP contribution in [0.2, 0.25) is 0 Å². The van der Waals surface area contributed by atoms with Gasteiger partial charge in [0.15, 0.2) is 0 Å². The molecule has 0 bridgehead atoms. The number of aliphatic hydroxyl groups is 2. The largest absolute Gasteiger partial charge is 0.480 e. The predicted octanol–water partition coefficient (Wildman–Crippen LogP) is 4.29. The maximum atomic E-state index is 11.8. The molecule has 0 aliphatic carbocycles. The molecule has 0 unspecified atom stereocenters. The van der Waals surface area contributed by atoms with Gasteiger partial charge in [-0.15, -0.1) is 22.7 Å². The molecule has 0 amide bonds. The van der Waals surface area contributed by atoms with E-state index in [1.54, 1.807) is 83.6 Å². The van der Waals surface area contributed by atoms with Crippen molar-refractivity contribution in [3.8, 4) is 11.5 Å². The molecule has 0 spiro atoms. The second-order valence-corrected chi connectivity index (χ2v) is 9.33. The average Bonchev–Trinajstić information content (AvgIpc) is 3.57. The standard InChI is InChI=1S/C15H12O4.C10H8O3S2/c16-9-15(14(17)18)10-5-1-3-7-12(10)19-13-8-4-2-6-11(13)15;11-9(12)10(13,7-3-1-5-14-7)8-4-2-6-15-8/h1-8,16H,9H2,(H,17,18);1-6,13H,(H,11,12). The minimum absolute atomic E-state index is 0.428. The lowest BCUT2D eigenvalue weighted by molar-refractivity contribution is -0.154. The number of hydrogen-bond donors (Lipinski definition) is 4. The maximum Gasteiger partial charge on any atom is 0.346 e. The first-order valence-electron chi connectivity index (χ1n) is 10.1. The van der Waals surface area contributed by atoms with Crippen molar-refractivity contribution in [2.75, 3.05) is 6.61 Å². The molecular weight excluding hydrogens is 476 g/mol. The summed E-state index contributed by atoms with van der Waals surface area (Å²) >= 11 is 2.46. The SMILES string of the molecule is O=C(O)C(O)(c1cccs1)c1cccs1.O=C(O)C1(CO)c2ccccc2Oc2ccccc21. The third kappa shape index (κ3) is 3.78. The smallest absolute Gasteiger partial charge is 0.346 e. The van der Waals surface area contributed by atoms with Crippen LogP contribution >= 0.6 is 22.7 Å². The van der Waals surface area contributed by atoms with Crippen LogP contribution in [0.25, 0.3) is 0 Å². The summed E-state index contributed by atoms with van der Waals surface area (Å²) < 4.78 is 5.71. The molecule has 4 N–H and O–H groups in total. The molecular formula is C25H20O7S2. The summed E-state index contributed by atoms with van der Waals surface area (Å²) in [5, 5.41) is 42.3. The van der Waals surface area contributed by atoms with Gasteiger partial charge in [-0.1, -0.05) is 48.5 Å². The van der Waals surface area contributed by atoms with Gasteiger partial charge >= 0.3 is 11.9 Å². The minimum Gasteiger partial charge on any atom is -0.480 e. The molecule has 5 rings (SSSR count). The van der Waals surface area contributed by atoms with Crippen LogP contribution in [0.5, 0.6) is 11.5 Å². The molecule has 2 aromatic heterocycles. The molecule has 1 aliphatic heterocycles. The molecule has 2 aromatic carbocycles. The Kier molecular flexibility index (Phi) is 6.54. The Balaban J connectivity index is 0.000000166. The van der Waals surface area contributed by atoms with Gasteiger partial charge in [0.2, 0.25) is 5.60 Å². The van der Waals surface area contributed by atoms with Crippen molar-refractivity contribution in [2.45, 2.75) is 11.0 Å². The highest BCUT2D eigenvalue weighted by Crippen LogP contribution is 2.47. The molecule has 0 fully saturated rings. The molecule has 34 heavy (non-hydrogen) atoms. The number of carboxylic acids is 2. The van der Waals surface area contributed by atoms with Crippen molar-refractivity contribution in [2.24, 2.45) is 0 Å². The van der Waals surface area contributed by atoms with Crippen molar-refractivity contribution in [1.82, 2.24) is 0 Å². The topological polar surface area (TPSA) is 124 Å². The number of hydrogen-bond acceptors (Lipinski definition) is 7. The molecule has 7 nitrogen and oxygen atoms in total. The van der Waals surface area contributed by atoms with Crippen LogP contribution in [0.3, 0.4) is 0 Å². The molecule has 9 heteroatoms. The average molecular weight is 497 g/mol. The van der Waals surface area contributed by atoms with Crippen LogP contribution in [0.1, 0.15) is 20.9 Å². The number of para-hydroxylation sites is 2. The van der Waals surface area contributed by atoms with Crippen LogP contribution in [0.15, 0.2) is 83.6 Å². The number of ether oxygens (including phenoxy) is 1. The molecule has 3 heterocycles. The van der Waals surface area contributed by atoms with Gasteiger partial charge in [-0.2, -0.15) is 0 Å². The third-order valence-corrected chi connectivity index (χ3v) is 7.54.